The number of ketones is 1. The summed E-state index contributed by atoms with van der Waals surface area (Å²) in [4.78, 5) is 104. The number of likely N-dealkylation sites (tertiary alicyclic amines) is 1. The molecular formula is C40H54N8O7S. The molecule has 0 bridgehead atoms. The molecule has 2 aromatic rings. The molecule has 6 atom stereocenters. The highest BCUT2D eigenvalue weighted by molar-refractivity contribution is 8.01. The Morgan fingerprint density at radius 1 is 0.982 bits per heavy atom. The number of amides is 6. The Kier molecular flexibility index (Phi) is 13.9. The monoisotopic (exact) mass is 790 g/mol. The molecule has 0 radical (unpaired) electrons. The minimum absolute atomic E-state index is 0.0281. The van der Waals surface area contributed by atoms with Gasteiger partial charge in [-0.1, -0.05) is 83.7 Å². The molecule has 1 aromatic carbocycles. The molecule has 5 rings (SSSR count). The van der Waals surface area contributed by atoms with Gasteiger partial charge in [0.15, 0.2) is 0 Å². The van der Waals surface area contributed by atoms with Crippen LogP contribution in [0.1, 0.15) is 108 Å². The lowest BCUT2D eigenvalue weighted by atomic mass is 9.82. The minimum Gasteiger partial charge on any atom is -0.344 e. The van der Waals surface area contributed by atoms with Crippen molar-refractivity contribution in [1.29, 1.82) is 0 Å². The van der Waals surface area contributed by atoms with Crippen molar-refractivity contribution in [1.82, 2.24) is 41.5 Å². The summed E-state index contributed by atoms with van der Waals surface area (Å²) in [6.07, 6.45) is 9.08. The molecule has 1 saturated carbocycles. The molecule has 1 spiro atoms. The number of aromatic nitrogens is 2. The van der Waals surface area contributed by atoms with E-state index in [1.54, 1.807) is 27.7 Å². The minimum atomic E-state index is -1.16. The number of hydrogen-bond acceptors (Lipinski definition) is 10. The summed E-state index contributed by atoms with van der Waals surface area (Å²) in [6, 6.07) is 4.30. The molecule has 2 aliphatic heterocycles. The smallest absolute Gasteiger partial charge is 0.290 e. The van der Waals surface area contributed by atoms with Crippen molar-refractivity contribution >= 4 is 53.0 Å². The van der Waals surface area contributed by atoms with Gasteiger partial charge in [0.2, 0.25) is 29.4 Å². The van der Waals surface area contributed by atoms with Gasteiger partial charge in [-0.2, -0.15) is 0 Å². The number of nitrogens with zero attached hydrogens (tertiary/aromatic N) is 3. The second kappa shape index (κ2) is 18.4. The molecule has 2 saturated heterocycles. The number of Topliss-reactive ketones (excluding diaryl/α,β-unsaturated/α-hetero) is 1. The lowest BCUT2D eigenvalue weighted by Crippen LogP contribution is -2.62. The summed E-state index contributed by atoms with van der Waals surface area (Å²) < 4.78 is 0. The molecule has 3 fully saturated rings. The Morgan fingerprint density at radius 2 is 1.70 bits per heavy atom. The Morgan fingerprint density at radius 3 is 2.30 bits per heavy atom. The molecule has 3 aliphatic rings. The standard InChI is InChI=1S/C40H54N8O7S/c1-6-13-27(32(50)37(54)43-24(2)25-14-9-7-10-15-25)44-35(52)29-20-40(47-30(49)22-56-40)23-48(29)38(55)33(39(3,4)5)46-36(53)31(26-16-11-8-12-17-26)45-34(51)28-21-41-18-19-42-28/h7,9-10,14-15,18-19,21,24,26-27,29,31,33H,6,8,11-13,16-17,20,22-23H2,1-5H3,(H,43,54)(H,44,52)(H,45,51)(H,46,53)(H,47,49)/t24-,27?,29?,31-,33?,40?/m0/s1. The number of nitrogens with one attached hydrogen (secondary N) is 5. The maximum Gasteiger partial charge on any atom is 0.290 e. The summed E-state index contributed by atoms with van der Waals surface area (Å²) in [5, 5.41) is 14.2. The molecule has 3 heterocycles. The molecular weight excluding hydrogens is 737 g/mol. The maximum absolute atomic E-state index is 14.8. The predicted molar refractivity (Wildman–Crippen MR) is 210 cm³/mol. The van der Waals surface area contributed by atoms with Gasteiger partial charge in [0.25, 0.3) is 11.8 Å². The fraction of sp³-hybridized carbons (Fsp3) is 0.575. The van der Waals surface area contributed by atoms with E-state index in [0.717, 1.165) is 24.8 Å². The lowest BCUT2D eigenvalue weighted by Gasteiger charge is -2.37. The second-order valence-electron chi connectivity index (χ2n) is 16.1. The maximum atomic E-state index is 14.8. The Bertz CT molecular complexity index is 1770. The highest BCUT2D eigenvalue weighted by Gasteiger charge is 2.55. The van der Waals surface area contributed by atoms with Gasteiger partial charge in [-0.3, -0.25) is 38.5 Å². The SMILES string of the molecule is CCCC(NC(=O)C1CC2(CN1C(=O)C(NC(=O)[C@@H](NC(=O)c1cnccn1)C1CCCCC1)C(C)(C)C)NC(=O)CS2)C(=O)C(=O)N[C@@H](C)c1ccccc1. The normalized spacial score (nSPS) is 22.0. The van der Waals surface area contributed by atoms with Crippen LogP contribution in [0.4, 0.5) is 0 Å². The van der Waals surface area contributed by atoms with Crippen molar-refractivity contribution in [3.05, 3.63) is 60.2 Å². The summed E-state index contributed by atoms with van der Waals surface area (Å²) >= 11 is 1.30. The van der Waals surface area contributed by atoms with E-state index in [-0.39, 0.29) is 42.7 Å². The zero-order chi connectivity index (χ0) is 40.6. The third-order valence-corrected chi connectivity index (χ3v) is 12.1. The van der Waals surface area contributed by atoms with Crippen LogP contribution >= 0.6 is 11.8 Å². The molecule has 1 aliphatic carbocycles. The third-order valence-electron chi connectivity index (χ3n) is 10.7. The van der Waals surface area contributed by atoms with Gasteiger partial charge in [0, 0.05) is 18.8 Å². The molecule has 1 aromatic heterocycles. The molecule has 302 valence electrons. The number of hydrogen-bond donors (Lipinski definition) is 5. The predicted octanol–water partition coefficient (Wildman–Crippen LogP) is 2.58. The van der Waals surface area contributed by atoms with Crippen molar-refractivity contribution in [2.45, 2.75) is 121 Å². The van der Waals surface area contributed by atoms with Crippen LogP contribution in [0.15, 0.2) is 48.9 Å². The highest BCUT2D eigenvalue weighted by atomic mass is 32.2. The molecule has 16 heteroatoms. The average Bonchev–Trinajstić information content (AvgIpc) is 3.76. The van der Waals surface area contributed by atoms with Gasteiger partial charge in [-0.25, -0.2) is 4.98 Å². The van der Waals surface area contributed by atoms with E-state index in [9.17, 15) is 33.6 Å². The van der Waals surface area contributed by atoms with E-state index in [4.69, 9.17) is 0 Å². The fourth-order valence-corrected chi connectivity index (χ4v) is 8.85. The van der Waals surface area contributed by atoms with E-state index in [1.165, 1.54) is 35.3 Å². The molecule has 56 heavy (non-hydrogen) atoms. The Labute approximate surface area is 332 Å². The van der Waals surface area contributed by atoms with E-state index in [2.05, 4.69) is 36.6 Å². The number of rotatable bonds is 14. The first-order valence-corrected chi connectivity index (χ1v) is 20.4. The van der Waals surface area contributed by atoms with E-state index >= 15 is 0 Å². The number of carbonyl (C=O) groups excluding carboxylic acids is 7. The van der Waals surface area contributed by atoms with Gasteiger partial charge in [0.1, 0.15) is 28.7 Å². The summed E-state index contributed by atoms with van der Waals surface area (Å²) in [5.74, 6) is -4.23. The van der Waals surface area contributed by atoms with E-state index in [1.807, 2.05) is 37.3 Å². The van der Waals surface area contributed by atoms with Crippen LogP contribution in [0.2, 0.25) is 0 Å². The first-order valence-electron chi connectivity index (χ1n) is 19.4. The van der Waals surface area contributed by atoms with Gasteiger partial charge >= 0.3 is 0 Å². The van der Waals surface area contributed by atoms with Gasteiger partial charge < -0.3 is 31.5 Å². The number of benzene rings is 1. The van der Waals surface area contributed by atoms with Gasteiger partial charge in [-0.05, 0) is 43.1 Å². The average molecular weight is 791 g/mol. The summed E-state index contributed by atoms with van der Waals surface area (Å²) in [6.45, 7) is 8.94. The topological polar surface area (TPSA) is 209 Å². The van der Waals surface area contributed by atoms with Crippen molar-refractivity contribution in [3.63, 3.8) is 0 Å². The van der Waals surface area contributed by atoms with Gasteiger partial charge in [-0.15, -0.1) is 11.8 Å². The van der Waals surface area contributed by atoms with Crippen LogP contribution in [-0.4, -0.2) is 97.4 Å². The largest absolute Gasteiger partial charge is 0.344 e. The highest BCUT2D eigenvalue weighted by Crippen LogP contribution is 2.41. The zero-order valence-electron chi connectivity index (χ0n) is 32.8. The van der Waals surface area contributed by atoms with Crippen molar-refractivity contribution < 1.29 is 33.6 Å². The summed E-state index contributed by atoms with van der Waals surface area (Å²) in [5.41, 5.74) is 0.000174. The van der Waals surface area contributed by atoms with E-state index < -0.39 is 75.8 Å². The van der Waals surface area contributed by atoms with Crippen molar-refractivity contribution in [2.24, 2.45) is 11.3 Å². The van der Waals surface area contributed by atoms with Crippen LogP contribution in [0.25, 0.3) is 0 Å². The molecule has 4 unspecified atom stereocenters. The van der Waals surface area contributed by atoms with Crippen molar-refractivity contribution in [3.8, 4) is 0 Å². The fourth-order valence-electron chi connectivity index (χ4n) is 7.68. The molecule has 6 amide bonds. The van der Waals surface area contributed by atoms with Crippen LogP contribution in [0.3, 0.4) is 0 Å². The second-order valence-corrected chi connectivity index (χ2v) is 17.4. The lowest BCUT2D eigenvalue weighted by molar-refractivity contribution is -0.145. The zero-order valence-corrected chi connectivity index (χ0v) is 33.6. The Hall–Kier alpha value is -4.86. The van der Waals surface area contributed by atoms with Crippen LogP contribution < -0.4 is 26.6 Å². The quantitative estimate of drug-likeness (QED) is 0.177. The van der Waals surface area contributed by atoms with Crippen LogP contribution in [-0.2, 0) is 28.8 Å². The first kappa shape index (κ1) is 42.3. The number of carbonyl (C=O) groups is 7. The first-order chi connectivity index (χ1) is 26.6. The molecule has 5 N–H and O–H groups in total. The van der Waals surface area contributed by atoms with Gasteiger partial charge in [0.05, 0.1) is 30.6 Å². The summed E-state index contributed by atoms with van der Waals surface area (Å²) in [7, 11) is 0. The third kappa shape index (κ3) is 10.3. The van der Waals surface area contributed by atoms with Crippen LogP contribution in [0, 0.1) is 11.3 Å². The van der Waals surface area contributed by atoms with Crippen LogP contribution in [0.5, 0.6) is 0 Å². The van der Waals surface area contributed by atoms with Crippen molar-refractivity contribution in [2.75, 3.05) is 12.3 Å². The number of thioether (sulfide) groups is 1. The Balaban J connectivity index is 1.37. The van der Waals surface area contributed by atoms with E-state index in [0.29, 0.717) is 19.3 Å². The molecule has 15 nitrogen and oxygen atoms in total.